The lowest BCUT2D eigenvalue weighted by Gasteiger charge is -2.31. The average molecular weight is 401 g/mol. The van der Waals surface area contributed by atoms with Crippen molar-refractivity contribution >= 4 is 33.2 Å². The van der Waals surface area contributed by atoms with Gasteiger partial charge in [-0.3, -0.25) is 9.10 Å². The lowest BCUT2D eigenvalue weighted by Crippen LogP contribution is -2.50. The van der Waals surface area contributed by atoms with Crippen LogP contribution in [0.4, 0.5) is 5.69 Å². The SMILES string of the molecule is Cc1ccc(Cl)cc1N([C@H](C)C(=O)NC1CCCCCCC1)S(C)(=O)=O. The van der Waals surface area contributed by atoms with E-state index in [1.54, 1.807) is 25.1 Å². The van der Waals surface area contributed by atoms with Gasteiger partial charge in [-0.1, -0.05) is 49.8 Å². The van der Waals surface area contributed by atoms with Crippen molar-refractivity contribution < 1.29 is 13.2 Å². The van der Waals surface area contributed by atoms with E-state index in [0.717, 1.165) is 37.5 Å². The first-order valence-electron chi connectivity index (χ1n) is 9.26. The number of hydrogen-bond acceptors (Lipinski definition) is 3. The highest BCUT2D eigenvalue weighted by Crippen LogP contribution is 2.28. The molecule has 0 spiro atoms. The van der Waals surface area contributed by atoms with Crippen LogP contribution in [-0.4, -0.2) is 32.7 Å². The van der Waals surface area contributed by atoms with E-state index in [4.69, 9.17) is 11.6 Å². The summed E-state index contributed by atoms with van der Waals surface area (Å²) < 4.78 is 26.0. The van der Waals surface area contributed by atoms with E-state index in [0.29, 0.717) is 10.7 Å². The molecule has 0 radical (unpaired) electrons. The fourth-order valence-corrected chi connectivity index (χ4v) is 4.91. The van der Waals surface area contributed by atoms with Gasteiger partial charge in [0, 0.05) is 11.1 Å². The van der Waals surface area contributed by atoms with Crippen LogP contribution in [0.5, 0.6) is 0 Å². The highest BCUT2D eigenvalue weighted by Gasteiger charge is 2.31. The van der Waals surface area contributed by atoms with Gasteiger partial charge in [0.1, 0.15) is 6.04 Å². The van der Waals surface area contributed by atoms with E-state index in [2.05, 4.69) is 5.32 Å². The molecule has 1 atom stereocenters. The van der Waals surface area contributed by atoms with Crippen LogP contribution in [0.15, 0.2) is 18.2 Å². The second-order valence-corrected chi connectivity index (χ2v) is 9.51. The van der Waals surface area contributed by atoms with Crippen molar-refractivity contribution in [2.24, 2.45) is 0 Å². The van der Waals surface area contributed by atoms with Gasteiger partial charge in [0.15, 0.2) is 0 Å². The van der Waals surface area contributed by atoms with Crippen LogP contribution in [0.2, 0.25) is 5.02 Å². The van der Waals surface area contributed by atoms with Crippen molar-refractivity contribution in [2.45, 2.75) is 70.9 Å². The molecule has 26 heavy (non-hydrogen) atoms. The van der Waals surface area contributed by atoms with E-state index < -0.39 is 16.1 Å². The average Bonchev–Trinajstić information content (AvgIpc) is 2.52. The minimum absolute atomic E-state index is 0.118. The van der Waals surface area contributed by atoms with Gasteiger partial charge in [-0.2, -0.15) is 0 Å². The highest BCUT2D eigenvalue weighted by atomic mass is 35.5. The Morgan fingerprint density at radius 3 is 2.35 bits per heavy atom. The van der Waals surface area contributed by atoms with Crippen molar-refractivity contribution in [2.75, 3.05) is 10.6 Å². The molecule has 1 N–H and O–H groups in total. The Balaban J connectivity index is 2.22. The Morgan fingerprint density at radius 2 is 1.77 bits per heavy atom. The maximum absolute atomic E-state index is 12.8. The number of hydrogen-bond donors (Lipinski definition) is 1. The lowest BCUT2D eigenvalue weighted by molar-refractivity contribution is -0.122. The third kappa shape index (κ3) is 5.61. The summed E-state index contributed by atoms with van der Waals surface area (Å²) in [6.07, 6.45) is 8.87. The zero-order valence-corrected chi connectivity index (χ0v) is 17.4. The van der Waals surface area contributed by atoms with Crippen molar-refractivity contribution in [3.63, 3.8) is 0 Å². The summed E-state index contributed by atoms with van der Waals surface area (Å²) in [7, 11) is -3.64. The number of nitrogens with zero attached hydrogens (tertiary/aromatic N) is 1. The molecule has 0 aromatic heterocycles. The van der Waals surface area contributed by atoms with E-state index in [1.165, 1.54) is 23.6 Å². The molecule has 1 aromatic rings. The Morgan fingerprint density at radius 1 is 1.19 bits per heavy atom. The molecule has 1 saturated carbocycles. The molecule has 7 heteroatoms. The number of carbonyl (C=O) groups is 1. The molecule has 2 rings (SSSR count). The van der Waals surface area contributed by atoms with Gasteiger partial charge in [-0.25, -0.2) is 8.42 Å². The number of aryl methyl sites for hydroxylation is 1. The van der Waals surface area contributed by atoms with Crippen molar-refractivity contribution in [1.82, 2.24) is 5.32 Å². The summed E-state index contributed by atoms with van der Waals surface area (Å²) in [6.45, 7) is 3.43. The van der Waals surface area contributed by atoms with Crippen LogP contribution < -0.4 is 9.62 Å². The first-order valence-corrected chi connectivity index (χ1v) is 11.5. The predicted octanol–water partition coefficient (Wildman–Crippen LogP) is 4.03. The standard InChI is InChI=1S/C19H29ClN2O3S/c1-14-11-12-16(20)13-18(14)22(26(3,24)25)15(2)19(23)21-17-9-7-5-4-6-8-10-17/h11-13,15,17H,4-10H2,1-3H3,(H,21,23)/t15-/m1/s1. The molecule has 0 heterocycles. The number of halogens is 1. The van der Waals surface area contributed by atoms with Crippen molar-refractivity contribution in [3.8, 4) is 0 Å². The molecule has 0 bridgehead atoms. The lowest BCUT2D eigenvalue weighted by atomic mass is 9.96. The molecule has 1 amide bonds. The number of carbonyl (C=O) groups excluding carboxylic acids is 1. The quantitative estimate of drug-likeness (QED) is 0.811. The van der Waals surface area contributed by atoms with Crippen LogP contribution in [0.3, 0.4) is 0 Å². The van der Waals surface area contributed by atoms with Gasteiger partial charge >= 0.3 is 0 Å². The van der Waals surface area contributed by atoms with E-state index >= 15 is 0 Å². The maximum atomic E-state index is 12.8. The number of anilines is 1. The Kier molecular flexibility index (Phi) is 7.35. The second kappa shape index (κ2) is 9.09. The zero-order chi connectivity index (χ0) is 19.3. The number of amides is 1. The molecule has 0 saturated heterocycles. The monoisotopic (exact) mass is 400 g/mol. The number of benzene rings is 1. The third-order valence-corrected chi connectivity index (χ3v) is 6.41. The maximum Gasteiger partial charge on any atom is 0.243 e. The molecule has 146 valence electrons. The van der Waals surface area contributed by atoms with Gasteiger partial charge in [0.2, 0.25) is 15.9 Å². The number of nitrogens with one attached hydrogen (secondary N) is 1. The van der Waals surface area contributed by atoms with Crippen LogP contribution in [0.25, 0.3) is 0 Å². The summed E-state index contributed by atoms with van der Waals surface area (Å²) in [4.78, 5) is 12.8. The zero-order valence-electron chi connectivity index (χ0n) is 15.8. The highest BCUT2D eigenvalue weighted by molar-refractivity contribution is 7.92. The van der Waals surface area contributed by atoms with Gasteiger partial charge in [0.05, 0.1) is 11.9 Å². The smallest absolute Gasteiger partial charge is 0.243 e. The van der Waals surface area contributed by atoms with Crippen molar-refractivity contribution in [3.05, 3.63) is 28.8 Å². The van der Waals surface area contributed by atoms with E-state index in [9.17, 15) is 13.2 Å². The van der Waals surface area contributed by atoms with Crippen LogP contribution in [-0.2, 0) is 14.8 Å². The van der Waals surface area contributed by atoms with E-state index in [-0.39, 0.29) is 11.9 Å². The first kappa shape index (κ1) is 21.0. The fourth-order valence-electron chi connectivity index (χ4n) is 3.52. The molecule has 1 aliphatic carbocycles. The normalized spacial score (nSPS) is 17.8. The number of sulfonamides is 1. The molecule has 5 nitrogen and oxygen atoms in total. The van der Waals surface area contributed by atoms with Crippen molar-refractivity contribution in [1.29, 1.82) is 0 Å². The fraction of sp³-hybridized carbons (Fsp3) is 0.632. The topological polar surface area (TPSA) is 66.5 Å². The van der Waals surface area contributed by atoms with Crippen LogP contribution >= 0.6 is 11.6 Å². The summed E-state index contributed by atoms with van der Waals surface area (Å²) in [5.41, 5.74) is 1.20. The van der Waals surface area contributed by atoms with E-state index in [1.807, 2.05) is 6.92 Å². The van der Waals surface area contributed by atoms with Gasteiger partial charge in [0.25, 0.3) is 0 Å². The summed E-state index contributed by atoms with van der Waals surface area (Å²) >= 11 is 6.06. The molecular weight excluding hydrogens is 372 g/mol. The van der Waals surface area contributed by atoms with Crippen LogP contribution in [0.1, 0.15) is 57.4 Å². The minimum atomic E-state index is -3.64. The summed E-state index contributed by atoms with van der Waals surface area (Å²) in [5, 5.41) is 3.50. The third-order valence-electron chi connectivity index (χ3n) is 4.95. The molecular formula is C19H29ClN2O3S. The Labute approximate surface area is 162 Å². The molecule has 1 fully saturated rings. The van der Waals surface area contributed by atoms with Crippen LogP contribution in [0, 0.1) is 6.92 Å². The first-order chi connectivity index (χ1) is 12.2. The molecule has 0 aliphatic heterocycles. The largest absolute Gasteiger partial charge is 0.352 e. The second-order valence-electron chi connectivity index (χ2n) is 7.22. The molecule has 0 unspecified atom stereocenters. The van der Waals surface area contributed by atoms with Gasteiger partial charge < -0.3 is 5.32 Å². The molecule has 1 aliphatic rings. The Hall–Kier alpha value is -1.27. The minimum Gasteiger partial charge on any atom is -0.352 e. The Bertz CT molecular complexity index is 728. The number of rotatable bonds is 5. The molecule has 1 aromatic carbocycles. The summed E-state index contributed by atoms with van der Waals surface area (Å²) in [5.74, 6) is -0.264. The van der Waals surface area contributed by atoms with Gasteiger partial charge in [-0.15, -0.1) is 0 Å². The van der Waals surface area contributed by atoms with Gasteiger partial charge in [-0.05, 0) is 44.4 Å². The summed E-state index contributed by atoms with van der Waals surface area (Å²) in [6, 6.07) is 4.34. The predicted molar refractivity (Wildman–Crippen MR) is 107 cm³/mol.